The van der Waals surface area contributed by atoms with Crippen LogP contribution in [0.1, 0.15) is 40.0 Å². The molecule has 14 aromatic rings. The van der Waals surface area contributed by atoms with Gasteiger partial charge in [-0.05, 0) is 109 Å². The minimum absolute atomic E-state index is 0. The average molecular weight is 1200 g/mol. The number of hydrogen-bond donors (Lipinski definition) is 0. The Labute approximate surface area is 482 Å². The summed E-state index contributed by atoms with van der Waals surface area (Å²) < 4.78 is 108. The molecule has 78 heavy (non-hydrogen) atoms. The van der Waals surface area contributed by atoms with Crippen LogP contribution >= 0.6 is 0 Å². The van der Waals surface area contributed by atoms with Crippen LogP contribution in [-0.2, 0) is 26.5 Å². The molecule has 0 bridgehead atoms. The zero-order valence-corrected chi connectivity index (χ0v) is 44.9. The van der Waals surface area contributed by atoms with Gasteiger partial charge in [0.1, 0.15) is 17.0 Å². The van der Waals surface area contributed by atoms with Crippen LogP contribution in [-0.4, -0.2) is 14.1 Å². The van der Waals surface area contributed by atoms with Gasteiger partial charge in [-0.2, -0.15) is 18.2 Å². The Morgan fingerprint density at radius 2 is 1.22 bits per heavy atom. The van der Waals surface area contributed by atoms with E-state index >= 15 is 0 Å². The third-order valence-corrected chi connectivity index (χ3v) is 13.9. The van der Waals surface area contributed by atoms with Gasteiger partial charge in [0.25, 0.3) is 6.33 Å². The molecule has 0 unspecified atom stereocenters. The summed E-state index contributed by atoms with van der Waals surface area (Å²) in [6.45, 7) is 6.54. The SMILES string of the molecule is [2H]c1c([2H])c([2H])c(-c2cccc(-c3c([2H])c([2H])c([2H])c([2H])c3[2H])c2-[n+]2[c-]n(-c3[c-]c(Oc4[c-]c5c(cc4)c4c(-c6ccccc6)cc(-c6ccccc6)cc4n5-c4cc(C(C)(C)C)ccn4)ccc3)c3cc4c(cc32)oc2ccccc24)c([2H])c1[2H].[CH3-].[Pt+4]. The van der Waals surface area contributed by atoms with Crippen molar-refractivity contribution in [3.8, 4) is 73.2 Å². The second-order valence-electron chi connectivity index (χ2n) is 19.6. The van der Waals surface area contributed by atoms with Gasteiger partial charge < -0.3 is 25.7 Å². The quantitative estimate of drug-likeness (QED) is 0.107. The number of hydrogen-bond acceptors (Lipinski definition) is 3. The van der Waals surface area contributed by atoms with E-state index in [1.807, 2.05) is 97.2 Å². The van der Waals surface area contributed by atoms with Crippen molar-refractivity contribution in [3.63, 3.8) is 0 Å². The number of pyridine rings is 1. The normalized spacial score (nSPS) is 13.4. The van der Waals surface area contributed by atoms with Crippen LogP contribution in [0.4, 0.5) is 0 Å². The predicted octanol–water partition coefficient (Wildman–Crippen LogP) is 17.9. The van der Waals surface area contributed by atoms with Crippen LogP contribution in [0.3, 0.4) is 0 Å². The summed E-state index contributed by atoms with van der Waals surface area (Å²) >= 11 is 0. The van der Waals surface area contributed by atoms with Gasteiger partial charge in [-0.25, -0.2) is 4.98 Å². The molecule has 10 aromatic carbocycles. The van der Waals surface area contributed by atoms with Gasteiger partial charge >= 0.3 is 21.1 Å². The Kier molecular flexibility index (Phi) is 10.1. The minimum Gasteiger partial charge on any atom is -0.510 e. The molecule has 4 aromatic heterocycles. The number of para-hydroxylation sites is 2. The topological polar surface area (TPSA) is 49.0 Å². The smallest absolute Gasteiger partial charge is 0.510 e. The Morgan fingerprint density at radius 1 is 0.551 bits per heavy atom. The molecule has 0 aliphatic carbocycles. The number of fused-ring (bicyclic) bond motifs is 7. The molecule has 0 spiro atoms. The number of ether oxygens (including phenoxy) is 1. The predicted molar refractivity (Wildman–Crippen MR) is 314 cm³/mol. The fourth-order valence-corrected chi connectivity index (χ4v) is 10.4. The monoisotopic (exact) mass is 1200 g/mol. The number of imidazole rings is 1. The van der Waals surface area contributed by atoms with Crippen molar-refractivity contribution in [1.82, 2.24) is 14.1 Å². The Bertz CT molecular complexity index is 5010. The van der Waals surface area contributed by atoms with Gasteiger partial charge in [0.05, 0.1) is 30.4 Å². The zero-order valence-electron chi connectivity index (χ0n) is 52.7. The Balaban J connectivity index is 0.00000377. The summed E-state index contributed by atoms with van der Waals surface area (Å²) in [5, 5.41) is 3.56. The maximum Gasteiger partial charge on any atom is 4.00 e. The molecule has 0 saturated carbocycles. The molecular weight excluding hydrogens is 1140 g/mol. The summed E-state index contributed by atoms with van der Waals surface area (Å²) in [5.41, 5.74) is 9.32. The molecule has 0 fully saturated rings. The molecule has 0 saturated heterocycles. The molecule has 14 rings (SSSR count). The molecule has 0 aliphatic rings. The van der Waals surface area contributed by atoms with Crippen LogP contribution in [0, 0.1) is 25.9 Å². The van der Waals surface area contributed by atoms with Gasteiger partial charge in [0.15, 0.2) is 0 Å². The van der Waals surface area contributed by atoms with E-state index in [2.05, 4.69) is 98.4 Å². The molecule has 0 aliphatic heterocycles. The van der Waals surface area contributed by atoms with E-state index in [-0.39, 0.29) is 61.8 Å². The summed E-state index contributed by atoms with van der Waals surface area (Å²) in [5.74, 6) is 1.43. The standard InChI is InChI=1S/C70H48N4O2.CH3.Pt/c1-70(2,3)51-36-37-71-67(40-51)74-61-42-54(34-35-58(61)68-59(49-26-14-7-15-27-49)38-50(39-64(68)74)46-20-8-4-9-21-46)75-53-29-18-28-52(41-53)72-45-73(63-44-66-60(43-62(63)72)57-30-16-17-33-65(57)76-66)69-55(47-22-10-5-11-23-47)31-19-32-56(69)48-24-12-6-13-25-48;;/h4-40,43-44H,1-3H3;1H3;/q-2;-1;+4/i5D,6D,10D,11D,12D,13D,22D,23D,24D,25D;;. The molecule has 7 heteroatoms. The maximum absolute atomic E-state index is 9.22. The van der Waals surface area contributed by atoms with Crippen LogP contribution in [0.5, 0.6) is 11.5 Å². The minimum atomic E-state index is -0.592. The molecule has 0 N–H and O–H groups in total. The van der Waals surface area contributed by atoms with Crippen LogP contribution in [0.15, 0.2) is 241 Å². The van der Waals surface area contributed by atoms with Crippen molar-refractivity contribution >= 4 is 54.8 Å². The number of aromatic nitrogens is 4. The van der Waals surface area contributed by atoms with Crippen molar-refractivity contribution in [1.29, 1.82) is 0 Å². The average Bonchev–Trinajstić information content (AvgIpc) is 1.51. The van der Waals surface area contributed by atoms with E-state index in [9.17, 15) is 5.48 Å². The second-order valence-corrected chi connectivity index (χ2v) is 19.6. The van der Waals surface area contributed by atoms with E-state index in [0.717, 1.165) is 60.4 Å². The van der Waals surface area contributed by atoms with E-state index < -0.39 is 60.4 Å². The first-order valence-corrected chi connectivity index (χ1v) is 24.9. The maximum atomic E-state index is 9.22. The number of furan rings is 1. The molecule has 0 amide bonds. The first-order valence-electron chi connectivity index (χ1n) is 29.9. The third-order valence-electron chi connectivity index (χ3n) is 13.9. The summed E-state index contributed by atoms with van der Waals surface area (Å²) in [7, 11) is 0. The zero-order chi connectivity index (χ0) is 59.6. The fourth-order valence-electron chi connectivity index (χ4n) is 10.4. The van der Waals surface area contributed by atoms with Crippen molar-refractivity contribution < 1.29 is 48.5 Å². The van der Waals surface area contributed by atoms with E-state index in [1.54, 1.807) is 33.4 Å². The first kappa shape index (κ1) is 39.3. The molecule has 376 valence electrons. The Morgan fingerprint density at radius 3 is 1.94 bits per heavy atom. The van der Waals surface area contributed by atoms with E-state index in [4.69, 9.17) is 22.4 Å². The Hall–Kier alpha value is -9.09. The van der Waals surface area contributed by atoms with Gasteiger partial charge in [0.2, 0.25) is 0 Å². The first-order chi connectivity index (χ1) is 41.4. The van der Waals surface area contributed by atoms with Gasteiger partial charge in [-0.1, -0.05) is 184 Å². The van der Waals surface area contributed by atoms with Crippen molar-refractivity contribution in [3.05, 3.63) is 268 Å². The second kappa shape index (κ2) is 20.1. The molecule has 0 radical (unpaired) electrons. The van der Waals surface area contributed by atoms with Crippen molar-refractivity contribution in [2.75, 3.05) is 0 Å². The summed E-state index contributed by atoms with van der Waals surface area (Å²) in [6.07, 6.45) is 5.35. The largest absolute Gasteiger partial charge is 4.00 e. The van der Waals surface area contributed by atoms with Crippen molar-refractivity contribution in [2.45, 2.75) is 26.2 Å². The molecule has 6 nitrogen and oxygen atoms in total. The van der Waals surface area contributed by atoms with Crippen molar-refractivity contribution in [2.24, 2.45) is 0 Å². The van der Waals surface area contributed by atoms with E-state index in [0.29, 0.717) is 45.2 Å². The fraction of sp³-hybridized carbons (Fsp3) is 0.0563. The number of nitrogens with zero attached hydrogens (tertiary/aromatic N) is 4. The third kappa shape index (κ3) is 8.69. The molecule has 0 atom stereocenters. The van der Waals surface area contributed by atoms with E-state index in [1.165, 1.54) is 0 Å². The molecule has 4 heterocycles. The van der Waals surface area contributed by atoms with Crippen LogP contribution < -0.4 is 9.30 Å². The van der Waals surface area contributed by atoms with Gasteiger partial charge in [-0.15, -0.1) is 29.7 Å². The summed E-state index contributed by atoms with van der Waals surface area (Å²) in [4.78, 5) is 5.02. The van der Waals surface area contributed by atoms with Gasteiger partial charge in [-0.3, -0.25) is 4.57 Å². The number of rotatable bonds is 9. The summed E-state index contributed by atoms with van der Waals surface area (Å²) in [6, 6.07) is 56.5. The van der Waals surface area contributed by atoms with Crippen LogP contribution in [0.25, 0.3) is 116 Å². The molecular formula is C71H51N4O2Pt+. The van der Waals surface area contributed by atoms with Gasteiger partial charge in [0, 0.05) is 34.0 Å². The number of benzene rings is 10. The van der Waals surface area contributed by atoms with Crippen LogP contribution in [0.2, 0.25) is 0 Å².